The predicted molar refractivity (Wildman–Crippen MR) is 158 cm³/mol. The number of amides is 1. The molecule has 2 unspecified atom stereocenters. The summed E-state index contributed by atoms with van der Waals surface area (Å²) in [6, 6.07) is 10.9. The number of hydrogen-bond donors (Lipinski definition) is 6. The number of aryl methyl sites for hydroxylation is 3. The number of aromatic hydroxyl groups is 2. The van der Waals surface area contributed by atoms with Crippen LogP contribution in [0.15, 0.2) is 48.7 Å². The molecule has 0 fully saturated rings. The average molecular weight is 552 g/mol. The zero-order chi connectivity index (χ0) is 30.1. The molecule has 0 saturated heterocycles. The van der Waals surface area contributed by atoms with Crippen molar-refractivity contribution in [3.63, 3.8) is 0 Å². The Balaban J connectivity index is 0. The minimum absolute atomic E-state index is 0.130. The Morgan fingerprint density at radius 2 is 1.61 bits per heavy atom. The highest BCUT2D eigenvalue weighted by molar-refractivity contribution is 7.19. The van der Waals surface area contributed by atoms with Crippen molar-refractivity contribution in [1.29, 1.82) is 0 Å². The van der Waals surface area contributed by atoms with Crippen molar-refractivity contribution in [3.05, 3.63) is 65.4 Å². The second-order valence-corrected chi connectivity index (χ2v) is 9.72. The number of aliphatic carboxylic acids is 1. The molecule has 0 aliphatic rings. The zero-order valence-corrected chi connectivity index (χ0v) is 24.6. The van der Waals surface area contributed by atoms with Crippen LogP contribution in [0.5, 0.6) is 11.5 Å². The SMILES string of the molecule is C=C(N(N)c1ccc(C)c(O)c1)C(C)(O)P.CCC(CC)C(=O)O.CCc1ccc(CC)c(O)c1.NC=O. The summed E-state index contributed by atoms with van der Waals surface area (Å²) < 4.78 is 0. The van der Waals surface area contributed by atoms with Crippen molar-refractivity contribution < 1.29 is 30.0 Å². The number of phenols is 2. The molecular weight excluding hydrogens is 505 g/mol. The lowest BCUT2D eigenvalue weighted by Crippen LogP contribution is -2.38. The van der Waals surface area contributed by atoms with Gasteiger partial charge in [0, 0.05) is 6.07 Å². The first-order chi connectivity index (χ1) is 17.6. The van der Waals surface area contributed by atoms with Crippen LogP contribution < -0.4 is 16.6 Å². The highest BCUT2D eigenvalue weighted by atomic mass is 31.0. The minimum Gasteiger partial charge on any atom is -0.508 e. The number of anilines is 1. The Hall–Kier alpha value is -3.13. The molecule has 0 radical (unpaired) electrons. The summed E-state index contributed by atoms with van der Waals surface area (Å²) in [6.45, 7) is 15.0. The van der Waals surface area contributed by atoms with E-state index < -0.39 is 11.3 Å². The van der Waals surface area contributed by atoms with Gasteiger partial charge in [-0.15, -0.1) is 0 Å². The molecule has 0 bridgehead atoms. The molecule has 2 rings (SSSR count). The normalized spacial score (nSPS) is 11.3. The number of carboxylic acid groups (broad SMARTS) is 1. The van der Waals surface area contributed by atoms with E-state index in [0.717, 1.165) is 36.8 Å². The number of carboxylic acids is 1. The second kappa shape index (κ2) is 19.0. The van der Waals surface area contributed by atoms with Crippen LogP contribution in [0, 0.1) is 12.8 Å². The Labute approximate surface area is 229 Å². The standard InChI is InChI=1S/C11H17N2O2P.C10H14O.C6H12O2.CH3NO/c1-7-4-5-9(6-10(7)14)13(12)8(2)11(3,15)16;1-3-8-5-6-9(4-2)10(11)7-8;1-3-5(4-2)6(7)8;2-1-3/h4-6,14-15H,2,12,16H2,1,3H3;5-7,11H,3-4H2,1-2H3;5H,3-4H2,1-2H3,(H,7,8);1H,(H2,2,3). The van der Waals surface area contributed by atoms with Crippen LogP contribution in [0.25, 0.3) is 0 Å². The topological polar surface area (TPSA) is 170 Å². The second-order valence-electron chi connectivity index (χ2n) is 8.59. The van der Waals surface area contributed by atoms with Gasteiger partial charge in [-0.1, -0.05) is 61.7 Å². The molecule has 2 aromatic rings. The number of primary amides is 1. The molecule has 8 N–H and O–H groups in total. The van der Waals surface area contributed by atoms with Crippen molar-refractivity contribution in [1.82, 2.24) is 0 Å². The van der Waals surface area contributed by atoms with Crippen molar-refractivity contribution >= 4 is 27.3 Å². The van der Waals surface area contributed by atoms with Gasteiger partial charge in [-0.05, 0) is 68.4 Å². The molecule has 0 aromatic heterocycles. The van der Waals surface area contributed by atoms with E-state index in [4.69, 9.17) is 15.7 Å². The van der Waals surface area contributed by atoms with E-state index in [9.17, 15) is 20.1 Å². The van der Waals surface area contributed by atoms with E-state index in [0.29, 0.717) is 17.1 Å². The maximum atomic E-state index is 10.2. The van der Waals surface area contributed by atoms with Gasteiger partial charge >= 0.3 is 5.97 Å². The number of hydrazine groups is 1. The van der Waals surface area contributed by atoms with Gasteiger partial charge in [-0.25, -0.2) is 5.84 Å². The lowest BCUT2D eigenvalue weighted by atomic mass is 10.1. The van der Waals surface area contributed by atoms with Crippen LogP contribution in [0.4, 0.5) is 5.69 Å². The van der Waals surface area contributed by atoms with E-state index in [1.165, 1.54) is 16.6 Å². The molecule has 0 aliphatic carbocycles. The number of benzene rings is 2. The smallest absolute Gasteiger partial charge is 0.306 e. The van der Waals surface area contributed by atoms with Crippen LogP contribution in [0.3, 0.4) is 0 Å². The fourth-order valence-corrected chi connectivity index (χ4v) is 3.05. The molecular formula is C28H46N3O6P. The first-order valence-electron chi connectivity index (χ1n) is 12.4. The molecule has 9 nitrogen and oxygen atoms in total. The molecule has 2 atom stereocenters. The Morgan fingerprint density at radius 1 is 1.08 bits per heavy atom. The average Bonchev–Trinajstić information content (AvgIpc) is 2.86. The van der Waals surface area contributed by atoms with Gasteiger partial charge in [0.25, 0.3) is 0 Å². The first kappa shape index (κ1) is 37.0. The number of aliphatic hydroxyl groups is 1. The minimum atomic E-state index is -1.19. The fraction of sp³-hybridized carbons (Fsp3) is 0.429. The van der Waals surface area contributed by atoms with Gasteiger partial charge in [-0.2, -0.15) is 0 Å². The molecule has 214 valence electrons. The summed E-state index contributed by atoms with van der Waals surface area (Å²) in [5.41, 5.74) is 8.04. The van der Waals surface area contributed by atoms with E-state index in [1.54, 1.807) is 26.0 Å². The summed E-state index contributed by atoms with van der Waals surface area (Å²) in [5, 5.41) is 37.1. The molecule has 0 spiro atoms. The van der Waals surface area contributed by atoms with Crippen LogP contribution in [0.1, 0.15) is 64.2 Å². The molecule has 2 aromatic carbocycles. The van der Waals surface area contributed by atoms with E-state index >= 15 is 0 Å². The van der Waals surface area contributed by atoms with Gasteiger partial charge < -0.3 is 26.2 Å². The van der Waals surface area contributed by atoms with Gasteiger partial charge in [-0.3, -0.25) is 14.6 Å². The number of carbonyl (C=O) groups is 2. The van der Waals surface area contributed by atoms with Crippen LogP contribution >= 0.6 is 9.24 Å². The third-order valence-electron chi connectivity index (χ3n) is 5.62. The van der Waals surface area contributed by atoms with Crippen molar-refractivity contribution in [2.75, 3.05) is 5.01 Å². The van der Waals surface area contributed by atoms with Gasteiger partial charge in [0.1, 0.15) is 16.8 Å². The highest BCUT2D eigenvalue weighted by Gasteiger charge is 2.22. The Morgan fingerprint density at radius 3 is 1.92 bits per heavy atom. The van der Waals surface area contributed by atoms with E-state index in [-0.39, 0.29) is 18.1 Å². The molecule has 0 heterocycles. The van der Waals surface area contributed by atoms with Gasteiger partial charge in [0.15, 0.2) is 0 Å². The molecule has 0 saturated carbocycles. The molecule has 10 heteroatoms. The van der Waals surface area contributed by atoms with Crippen molar-refractivity contribution in [2.45, 2.75) is 72.6 Å². The number of nitrogens with zero attached hydrogens (tertiary/aromatic N) is 1. The summed E-state index contributed by atoms with van der Waals surface area (Å²) in [4.78, 5) is 18.7. The lowest BCUT2D eigenvalue weighted by molar-refractivity contribution is -0.141. The number of carbonyl (C=O) groups excluding carboxylic acids is 1. The maximum absolute atomic E-state index is 10.2. The quantitative estimate of drug-likeness (QED) is 0.120. The summed E-state index contributed by atoms with van der Waals surface area (Å²) in [6.07, 6.45) is 3.62. The highest BCUT2D eigenvalue weighted by Crippen LogP contribution is 2.30. The fourth-order valence-electron chi connectivity index (χ4n) is 2.91. The summed E-state index contributed by atoms with van der Waals surface area (Å²) in [7, 11) is 2.24. The van der Waals surface area contributed by atoms with Gasteiger partial charge in [0.2, 0.25) is 6.41 Å². The molecule has 0 aliphatic heterocycles. The van der Waals surface area contributed by atoms with Crippen molar-refractivity contribution in [2.24, 2.45) is 17.5 Å². The Bertz CT molecular complexity index is 1000. The van der Waals surface area contributed by atoms with E-state index in [1.807, 2.05) is 32.9 Å². The largest absolute Gasteiger partial charge is 0.508 e. The lowest BCUT2D eigenvalue weighted by Gasteiger charge is -2.29. The predicted octanol–water partition coefficient (Wildman–Crippen LogP) is 4.60. The number of phenolic OH excluding ortho intramolecular Hbond substituents is 2. The van der Waals surface area contributed by atoms with E-state index in [2.05, 4.69) is 34.5 Å². The van der Waals surface area contributed by atoms with Crippen LogP contribution in [-0.2, 0) is 22.4 Å². The Kier molecular flexibility index (Phi) is 18.5. The maximum Gasteiger partial charge on any atom is 0.306 e. The first-order valence-corrected chi connectivity index (χ1v) is 13.0. The summed E-state index contributed by atoms with van der Waals surface area (Å²) in [5.74, 6) is 5.59. The van der Waals surface area contributed by atoms with Crippen molar-refractivity contribution in [3.8, 4) is 11.5 Å². The summed E-state index contributed by atoms with van der Waals surface area (Å²) >= 11 is 0. The van der Waals surface area contributed by atoms with Crippen LogP contribution in [0.2, 0.25) is 0 Å². The molecule has 38 heavy (non-hydrogen) atoms. The number of hydrogen-bond acceptors (Lipinski definition) is 7. The molecule has 1 amide bonds. The third-order valence-corrected chi connectivity index (χ3v) is 5.95. The van der Waals surface area contributed by atoms with Crippen LogP contribution in [-0.4, -0.2) is 38.1 Å². The monoisotopic (exact) mass is 551 g/mol. The zero-order valence-electron chi connectivity index (χ0n) is 23.4. The number of rotatable bonds is 8. The third kappa shape index (κ3) is 14.0. The van der Waals surface area contributed by atoms with Gasteiger partial charge in [0.05, 0.1) is 17.3 Å². The number of nitrogens with two attached hydrogens (primary N) is 2.